The van der Waals surface area contributed by atoms with E-state index in [4.69, 9.17) is 0 Å². The molecule has 0 unspecified atom stereocenters. The molecule has 1 aromatic heterocycles. The molecule has 104 valence electrons. The summed E-state index contributed by atoms with van der Waals surface area (Å²) in [4.78, 5) is 4.61. The van der Waals surface area contributed by atoms with Crippen molar-refractivity contribution in [2.24, 2.45) is 0 Å². The molecule has 0 fully saturated rings. The second-order valence-corrected chi connectivity index (χ2v) is 5.67. The van der Waals surface area contributed by atoms with E-state index in [-0.39, 0.29) is 0 Å². The van der Waals surface area contributed by atoms with Gasteiger partial charge in [-0.2, -0.15) is 0 Å². The van der Waals surface area contributed by atoms with Crippen LogP contribution in [0.15, 0.2) is 60.8 Å². The fraction of sp³-hybridized carbons (Fsp3) is 0.150. The smallest absolute Gasteiger partial charge is 0.0702 e. The highest BCUT2D eigenvalue weighted by molar-refractivity contribution is 5.68. The lowest BCUT2D eigenvalue weighted by atomic mass is 10.0. The van der Waals surface area contributed by atoms with Crippen LogP contribution < -0.4 is 0 Å². The van der Waals surface area contributed by atoms with Crippen molar-refractivity contribution in [3.8, 4) is 22.4 Å². The van der Waals surface area contributed by atoms with E-state index in [1.54, 1.807) is 0 Å². The van der Waals surface area contributed by atoms with Gasteiger partial charge in [-0.25, -0.2) is 0 Å². The molecule has 1 nitrogen and oxygen atoms in total. The summed E-state index contributed by atoms with van der Waals surface area (Å²) < 4.78 is 0. The van der Waals surface area contributed by atoms with Gasteiger partial charge < -0.3 is 0 Å². The van der Waals surface area contributed by atoms with Crippen molar-refractivity contribution >= 4 is 0 Å². The number of hydrogen-bond acceptors (Lipinski definition) is 1. The monoisotopic (exact) mass is 273 g/mol. The van der Waals surface area contributed by atoms with Gasteiger partial charge in [0.15, 0.2) is 0 Å². The summed E-state index contributed by atoms with van der Waals surface area (Å²) >= 11 is 0. The Labute approximate surface area is 126 Å². The van der Waals surface area contributed by atoms with E-state index in [1.165, 1.54) is 22.3 Å². The quantitative estimate of drug-likeness (QED) is 0.614. The number of rotatable bonds is 2. The van der Waals surface area contributed by atoms with Crippen molar-refractivity contribution in [3.05, 3.63) is 77.5 Å². The van der Waals surface area contributed by atoms with Gasteiger partial charge in [0.2, 0.25) is 0 Å². The molecular weight excluding hydrogens is 254 g/mol. The number of aromatic nitrogens is 1. The normalized spacial score (nSPS) is 10.6. The van der Waals surface area contributed by atoms with E-state index in [0.717, 1.165) is 16.8 Å². The molecule has 1 heterocycles. The van der Waals surface area contributed by atoms with Crippen molar-refractivity contribution in [3.63, 3.8) is 0 Å². The molecule has 3 aromatic rings. The molecule has 0 aliphatic rings. The van der Waals surface area contributed by atoms with Gasteiger partial charge >= 0.3 is 0 Å². The maximum atomic E-state index is 4.61. The third kappa shape index (κ3) is 3.03. The Morgan fingerprint density at radius 2 is 1.19 bits per heavy atom. The lowest BCUT2D eigenvalue weighted by molar-refractivity contribution is 1.31. The average molecular weight is 273 g/mol. The average Bonchev–Trinajstić information content (AvgIpc) is 2.47. The fourth-order valence-electron chi connectivity index (χ4n) is 2.60. The molecule has 0 atom stereocenters. The first-order valence-electron chi connectivity index (χ1n) is 7.23. The van der Waals surface area contributed by atoms with Crippen LogP contribution in [0.2, 0.25) is 0 Å². The molecule has 1 heteroatoms. The van der Waals surface area contributed by atoms with Crippen LogP contribution >= 0.6 is 0 Å². The largest absolute Gasteiger partial charge is 0.256 e. The number of aryl methyl sites for hydroxylation is 3. The third-order valence-electron chi connectivity index (χ3n) is 3.67. The van der Waals surface area contributed by atoms with E-state index in [0.29, 0.717) is 0 Å². The van der Waals surface area contributed by atoms with Crippen LogP contribution in [0.25, 0.3) is 22.4 Å². The van der Waals surface area contributed by atoms with Crippen LogP contribution in [-0.4, -0.2) is 4.98 Å². The lowest BCUT2D eigenvalue weighted by Gasteiger charge is -2.07. The highest BCUT2D eigenvalue weighted by Crippen LogP contribution is 2.24. The predicted octanol–water partition coefficient (Wildman–Crippen LogP) is 5.34. The Morgan fingerprint density at radius 3 is 1.76 bits per heavy atom. The van der Waals surface area contributed by atoms with Crippen molar-refractivity contribution in [2.75, 3.05) is 0 Å². The SMILES string of the molecule is Cc1ccc(-c2ccc(-c3cc(C)cc(C)c3)cn2)cc1. The molecule has 2 aromatic carbocycles. The Bertz CT molecular complexity index is 733. The molecule has 0 aliphatic heterocycles. The Balaban J connectivity index is 1.95. The minimum atomic E-state index is 1.02. The Kier molecular flexibility index (Phi) is 3.57. The van der Waals surface area contributed by atoms with E-state index in [1.807, 2.05) is 6.20 Å². The molecule has 0 aliphatic carbocycles. The number of benzene rings is 2. The molecule has 0 N–H and O–H groups in total. The van der Waals surface area contributed by atoms with Crippen LogP contribution in [0.1, 0.15) is 16.7 Å². The van der Waals surface area contributed by atoms with E-state index in [9.17, 15) is 0 Å². The minimum absolute atomic E-state index is 1.02. The summed E-state index contributed by atoms with van der Waals surface area (Å²) in [6, 6.07) is 19.3. The van der Waals surface area contributed by atoms with Gasteiger partial charge in [-0.3, -0.25) is 4.98 Å². The van der Waals surface area contributed by atoms with Crippen LogP contribution in [0.4, 0.5) is 0 Å². The van der Waals surface area contributed by atoms with Crippen molar-refractivity contribution in [1.82, 2.24) is 4.98 Å². The summed E-state index contributed by atoms with van der Waals surface area (Å²) in [5, 5.41) is 0. The maximum absolute atomic E-state index is 4.61. The molecule has 21 heavy (non-hydrogen) atoms. The number of nitrogens with zero attached hydrogens (tertiary/aromatic N) is 1. The first-order chi connectivity index (χ1) is 10.1. The van der Waals surface area contributed by atoms with Gasteiger partial charge in [0.05, 0.1) is 5.69 Å². The van der Waals surface area contributed by atoms with Crippen LogP contribution in [0.3, 0.4) is 0 Å². The molecule has 0 bridgehead atoms. The van der Waals surface area contributed by atoms with Crippen LogP contribution in [0.5, 0.6) is 0 Å². The topological polar surface area (TPSA) is 12.9 Å². The maximum Gasteiger partial charge on any atom is 0.0702 e. The molecule has 0 spiro atoms. The van der Waals surface area contributed by atoms with Crippen LogP contribution in [-0.2, 0) is 0 Å². The van der Waals surface area contributed by atoms with Gasteiger partial charge in [0, 0.05) is 17.3 Å². The van der Waals surface area contributed by atoms with Crippen molar-refractivity contribution in [1.29, 1.82) is 0 Å². The van der Waals surface area contributed by atoms with Gasteiger partial charge in [0.25, 0.3) is 0 Å². The van der Waals surface area contributed by atoms with E-state index >= 15 is 0 Å². The van der Waals surface area contributed by atoms with Gasteiger partial charge in [0.1, 0.15) is 0 Å². The molecule has 3 rings (SSSR count). The van der Waals surface area contributed by atoms with Gasteiger partial charge in [-0.1, -0.05) is 65.2 Å². The first-order valence-corrected chi connectivity index (χ1v) is 7.23. The minimum Gasteiger partial charge on any atom is -0.256 e. The molecule has 0 saturated heterocycles. The van der Waals surface area contributed by atoms with E-state index < -0.39 is 0 Å². The van der Waals surface area contributed by atoms with Crippen molar-refractivity contribution < 1.29 is 0 Å². The Hall–Kier alpha value is -2.41. The molecule has 0 saturated carbocycles. The summed E-state index contributed by atoms with van der Waals surface area (Å²) in [6.07, 6.45) is 1.96. The second-order valence-electron chi connectivity index (χ2n) is 5.67. The van der Waals surface area contributed by atoms with Gasteiger partial charge in [-0.05, 0) is 32.4 Å². The highest BCUT2D eigenvalue weighted by Gasteiger charge is 2.03. The zero-order valence-electron chi connectivity index (χ0n) is 12.7. The number of hydrogen-bond donors (Lipinski definition) is 0. The zero-order chi connectivity index (χ0) is 14.8. The standard InChI is InChI=1S/C20H19N/c1-14-4-6-17(7-5-14)20-9-8-18(13-21-20)19-11-15(2)10-16(3)12-19/h4-13H,1-3H3. The summed E-state index contributed by atoms with van der Waals surface area (Å²) in [6.45, 7) is 6.36. The third-order valence-corrected chi connectivity index (χ3v) is 3.67. The number of pyridine rings is 1. The molecular formula is C20H19N. The first kappa shape index (κ1) is 13.6. The summed E-state index contributed by atoms with van der Waals surface area (Å²) in [7, 11) is 0. The Morgan fingerprint density at radius 1 is 0.571 bits per heavy atom. The fourth-order valence-corrected chi connectivity index (χ4v) is 2.60. The zero-order valence-corrected chi connectivity index (χ0v) is 12.7. The highest BCUT2D eigenvalue weighted by atomic mass is 14.7. The second kappa shape index (κ2) is 5.53. The molecule has 0 radical (unpaired) electrons. The summed E-state index contributed by atoms with van der Waals surface area (Å²) in [5.74, 6) is 0. The predicted molar refractivity (Wildman–Crippen MR) is 89.3 cm³/mol. The van der Waals surface area contributed by atoms with Gasteiger partial charge in [-0.15, -0.1) is 0 Å². The lowest BCUT2D eigenvalue weighted by Crippen LogP contribution is -1.87. The van der Waals surface area contributed by atoms with Crippen LogP contribution in [0, 0.1) is 20.8 Å². The van der Waals surface area contributed by atoms with E-state index in [2.05, 4.69) is 80.4 Å². The molecule has 0 amide bonds. The summed E-state index contributed by atoms with van der Waals surface area (Å²) in [5.41, 5.74) is 8.41. The van der Waals surface area contributed by atoms with Crippen molar-refractivity contribution in [2.45, 2.75) is 20.8 Å².